The Balaban J connectivity index is 1.42. The molecule has 1 aromatic heterocycles. The van der Waals surface area contributed by atoms with Crippen molar-refractivity contribution in [2.45, 2.75) is 9.79 Å². The maximum Gasteiger partial charge on any atom is 0.300 e. The molecule has 202 valence electrons. The Morgan fingerprint density at radius 1 is 0.854 bits per heavy atom. The van der Waals surface area contributed by atoms with Crippen molar-refractivity contribution in [1.29, 1.82) is 0 Å². The monoisotopic (exact) mass is 601 g/mol. The maximum atomic E-state index is 14.0. The first-order valence-electron chi connectivity index (χ1n) is 12.0. The number of anilines is 4. The highest BCUT2D eigenvalue weighted by Gasteiger charge is 2.34. The van der Waals surface area contributed by atoms with Crippen molar-refractivity contribution in [3.63, 3.8) is 0 Å². The van der Waals surface area contributed by atoms with Crippen molar-refractivity contribution in [3.8, 4) is 11.3 Å². The number of amides is 1. The number of para-hydroxylation sites is 2. The molecule has 5 aromatic rings. The number of hydrogen-bond donors (Lipinski definition) is 1. The van der Waals surface area contributed by atoms with Crippen LogP contribution in [-0.2, 0) is 0 Å². The molecule has 0 aliphatic carbocycles. The highest BCUT2D eigenvalue weighted by molar-refractivity contribution is 7.99. The third kappa shape index (κ3) is 4.99. The lowest BCUT2D eigenvalue weighted by Gasteiger charge is -2.31. The van der Waals surface area contributed by atoms with Gasteiger partial charge in [0.15, 0.2) is 10.8 Å². The summed E-state index contributed by atoms with van der Waals surface area (Å²) in [4.78, 5) is 44.3. The molecule has 0 unspecified atom stereocenters. The van der Waals surface area contributed by atoms with Gasteiger partial charge in [-0.2, -0.15) is 0 Å². The third-order valence-electron chi connectivity index (χ3n) is 6.25. The molecule has 1 aliphatic rings. The SMILES string of the molecule is O=C(c1cc([N+](=O)[O-])c(Nc2nc(-c3ccc(Cl)cc3)cs2)c([N+](=O)[O-])c1)N1c2ccccc2Sc2ccccc21. The molecular formula is C28H16ClN5O5S2. The summed E-state index contributed by atoms with van der Waals surface area (Å²) in [6.45, 7) is 0. The molecule has 13 heteroatoms. The van der Waals surface area contributed by atoms with E-state index in [-0.39, 0.29) is 16.4 Å². The second-order valence-corrected chi connectivity index (χ2v) is 11.1. The van der Waals surface area contributed by atoms with Crippen LogP contribution in [0, 0.1) is 20.2 Å². The molecule has 0 fully saturated rings. The Kier molecular flexibility index (Phi) is 6.87. The minimum atomic E-state index is -0.756. The number of fused-ring (bicyclic) bond motifs is 2. The number of nitrogens with one attached hydrogen (secondary N) is 1. The highest BCUT2D eigenvalue weighted by Crippen LogP contribution is 2.49. The number of hydrogen-bond acceptors (Lipinski definition) is 9. The van der Waals surface area contributed by atoms with Crippen LogP contribution < -0.4 is 10.2 Å². The van der Waals surface area contributed by atoms with Crippen LogP contribution in [0.3, 0.4) is 0 Å². The molecule has 1 aliphatic heterocycles. The first kappa shape index (κ1) is 26.4. The number of carbonyl (C=O) groups is 1. The topological polar surface area (TPSA) is 132 Å². The van der Waals surface area contributed by atoms with Crippen LogP contribution in [0.1, 0.15) is 10.4 Å². The normalized spacial score (nSPS) is 11.9. The van der Waals surface area contributed by atoms with E-state index in [0.717, 1.165) is 38.8 Å². The van der Waals surface area contributed by atoms with E-state index in [2.05, 4.69) is 10.3 Å². The molecule has 0 saturated heterocycles. The number of nitro benzene ring substituents is 2. The van der Waals surface area contributed by atoms with Gasteiger partial charge in [-0.3, -0.25) is 29.9 Å². The van der Waals surface area contributed by atoms with Crippen LogP contribution in [-0.4, -0.2) is 20.7 Å². The summed E-state index contributed by atoms with van der Waals surface area (Å²) in [6, 6.07) is 23.5. The molecule has 4 aromatic carbocycles. The summed E-state index contributed by atoms with van der Waals surface area (Å²) in [5.74, 6) is -0.637. The van der Waals surface area contributed by atoms with Gasteiger partial charge in [0, 0.05) is 37.9 Å². The van der Waals surface area contributed by atoms with Crippen LogP contribution >= 0.6 is 34.7 Å². The molecule has 1 N–H and O–H groups in total. The van der Waals surface area contributed by atoms with Gasteiger partial charge in [-0.25, -0.2) is 4.98 Å². The molecule has 41 heavy (non-hydrogen) atoms. The first-order valence-corrected chi connectivity index (χ1v) is 14.0. The summed E-state index contributed by atoms with van der Waals surface area (Å²) in [5, 5.41) is 29.6. The maximum absolute atomic E-state index is 14.0. The zero-order valence-corrected chi connectivity index (χ0v) is 23.1. The zero-order chi connectivity index (χ0) is 28.7. The summed E-state index contributed by atoms with van der Waals surface area (Å²) in [5.41, 5.74) is 0.639. The molecule has 0 radical (unpaired) electrons. The van der Waals surface area contributed by atoms with Crippen LogP contribution in [0.2, 0.25) is 5.02 Å². The van der Waals surface area contributed by atoms with E-state index in [1.54, 1.807) is 53.9 Å². The van der Waals surface area contributed by atoms with Gasteiger partial charge in [0.25, 0.3) is 5.91 Å². The molecule has 6 rings (SSSR count). The minimum absolute atomic E-state index is 0.202. The van der Waals surface area contributed by atoms with Crippen molar-refractivity contribution < 1.29 is 14.6 Å². The largest absolute Gasteiger partial charge is 0.320 e. The van der Waals surface area contributed by atoms with E-state index >= 15 is 0 Å². The molecule has 0 saturated carbocycles. The minimum Gasteiger partial charge on any atom is -0.320 e. The smallest absolute Gasteiger partial charge is 0.300 e. The van der Waals surface area contributed by atoms with Gasteiger partial charge in [0.05, 0.1) is 32.5 Å². The average molecular weight is 602 g/mol. The number of carbonyl (C=O) groups excluding carboxylic acids is 1. The Morgan fingerprint density at radius 2 is 1.41 bits per heavy atom. The van der Waals surface area contributed by atoms with Crippen LogP contribution in [0.5, 0.6) is 0 Å². The lowest BCUT2D eigenvalue weighted by Crippen LogP contribution is -2.28. The summed E-state index contributed by atoms with van der Waals surface area (Å²) in [7, 11) is 0. The third-order valence-corrected chi connectivity index (χ3v) is 8.39. The standard InChI is InChI=1S/C28H16ClN5O5S2/c29-18-11-9-16(10-12-18)19-15-40-28(30-19)31-26-22(33(36)37)13-17(14-23(26)34(38)39)27(35)32-20-5-1-3-7-24(20)41-25-8-4-2-6-21(25)32/h1-15H,(H,30,31). The number of aromatic nitrogens is 1. The molecule has 10 nitrogen and oxygen atoms in total. The van der Waals surface area contributed by atoms with Gasteiger partial charge >= 0.3 is 11.4 Å². The van der Waals surface area contributed by atoms with Crippen LogP contribution in [0.15, 0.2) is 100 Å². The lowest BCUT2D eigenvalue weighted by atomic mass is 10.1. The number of thiazole rings is 1. The Labute approximate surface area is 245 Å². The highest BCUT2D eigenvalue weighted by atomic mass is 35.5. The van der Waals surface area contributed by atoms with Gasteiger partial charge in [0.1, 0.15) is 0 Å². The van der Waals surface area contributed by atoms with Crippen molar-refractivity contribution >= 4 is 74.2 Å². The molecule has 0 spiro atoms. The van der Waals surface area contributed by atoms with E-state index in [1.807, 2.05) is 24.3 Å². The zero-order valence-electron chi connectivity index (χ0n) is 20.7. The van der Waals surface area contributed by atoms with E-state index in [9.17, 15) is 25.0 Å². The van der Waals surface area contributed by atoms with E-state index in [4.69, 9.17) is 11.6 Å². The number of nitro groups is 2. The number of benzene rings is 4. The molecular weight excluding hydrogens is 586 g/mol. The van der Waals surface area contributed by atoms with Gasteiger partial charge in [0.2, 0.25) is 0 Å². The fraction of sp³-hybridized carbons (Fsp3) is 0. The number of rotatable bonds is 6. The second-order valence-electron chi connectivity index (χ2n) is 8.75. The van der Waals surface area contributed by atoms with Crippen molar-refractivity contribution in [2.75, 3.05) is 10.2 Å². The number of halogens is 1. The Bertz CT molecular complexity index is 1780. The van der Waals surface area contributed by atoms with Crippen molar-refractivity contribution in [1.82, 2.24) is 4.98 Å². The van der Waals surface area contributed by atoms with Gasteiger partial charge in [-0.05, 0) is 36.4 Å². The van der Waals surface area contributed by atoms with Crippen molar-refractivity contribution in [2.24, 2.45) is 0 Å². The van der Waals surface area contributed by atoms with Crippen LogP contribution in [0.4, 0.5) is 33.6 Å². The van der Waals surface area contributed by atoms with E-state index in [0.29, 0.717) is 22.1 Å². The van der Waals surface area contributed by atoms with Crippen LogP contribution in [0.25, 0.3) is 11.3 Å². The van der Waals surface area contributed by atoms with E-state index in [1.165, 1.54) is 16.7 Å². The lowest BCUT2D eigenvalue weighted by molar-refractivity contribution is -0.392. The van der Waals surface area contributed by atoms with Gasteiger partial charge in [-0.1, -0.05) is 59.8 Å². The van der Waals surface area contributed by atoms with Gasteiger partial charge < -0.3 is 5.32 Å². The number of nitrogens with zero attached hydrogens (tertiary/aromatic N) is 4. The molecule has 0 atom stereocenters. The van der Waals surface area contributed by atoms with E-state index < -0.39 is 27.1 Å². The molecule has 1 amide bonds. The molecule has 2 heterocycles. The van der Waals surface area contributed by atoms with Crippen molar-refractivity contribution in [3.05, 3.63) is 121 Å². The predicted molar refractivity (Wildman–Crippen MR) is 159 cm³/mol. The summed E-state index contributed by atoms with van der Waals surface area (Å²) >= 11 is 8.57. The fourth-order valence-corrected chi connectivity index (χ4v) is 6.30. The second kappa shape index (κ2) is 10.7. The first-order chi connectivity index (χ1) is 19.8. The fourth-order valence-electron chi connectivity index (χ4n) is 4.40. The quantitative estimate of drug-likeness (QED) is 0.151. The van der Waals surface area contributed by atoms with Gasteiger partial charge in [-0.15, -0.1) is 11.3 Å². The molecule has 0 bridgehead atoms. The average Bonchev–Trinajstić information content (AvgIpc) is 3.44. The predicted octanol–water partition coefficient (Wildman–Crippen LogP) is 8.47. The summed E-state index contributed by atoms with van der Waals surface area (Å²) < 4.78 is 0. The Morgan fingerprint density at radius 3 is 1.98 bits per heavy atom. The Hall–Kier alpha value is -4.78. The summed E-state index contributed by atoms with van der Waals surface area (Å²) in [6.07, 6.45) is 0.